The molecule has 2 N–H and O–H groups in total. The van der Waals surface area contributed by atoms with Gasteiger partial charge in [0.2, 0.25) is 0 Å². The van der Waals surface area contributed by atoms with Gasteiger partial charge < -0.3 is 5.73 Å². The predicted octanol–water partition coefficient (Wildman–Crippen LogP) is 0.788. The number of rotatable bonds is 2. The van der Waals surface area contributed by atoms with Gasteiger partial charge in [-0.25, -0.2) is 4.98 Å². The molecule has 0 saturated heterocycles. The third kappa shape index (κ3) is 2.69. The van der Waals surface area contributed by atoms with E-state index in [1.54, 1.807) is 17.1 Å². The minimum atomic E-state index is 0.508. The van der Waals surface area contributed by atoms with Crippen molar-refractivity contribution in [2.45, 2.75) is 13.1 Å². The summed E-state index contributed by atoms with van der Waals surface area (Å²) in [5.74, 6) is 5.97. The summed E-state index contributed by atoms with van der Waals surface area (Å²) in [5, 5.41) is 4.05. The lowest BCUT2D eigenvalue weighted by atomic mass is 10.2. The molecule has 0 aliphatic rings. The molecule has 4 heteroatoms. The number of aromatic nitrogens is 3. The van der Waals surface area contributed by atoms with Crippen LogP contribution in [0.3, 0.4) is 0 Å². The smallest absolute Gasteiger partial charge is 0.113 e. The molecule has 2 heterocycles. The third-order valence-electron chi connectivity index (χ3n) is 2.08. The van der Waals surface area contributed by atoms with Gasteiger partial charge in [0.1, 0.15) is 12.2 Å². The van der Waals surface area contributed by atoms with E-state index < -0.39 is 0 Å². The van der Waals surface area contributed by atoms with Gasteiger partial charge in [0.05, 0.1) is 0 Å². The van der Waals surface area contributed by atoms with Crippen molar-refractivity contribution < 1.29 is 0 Å². The SMILES string of the molecule is NCc1ccc(C#CCn2cccn2)nc1. The van der Waals surface area contributed by atoms with Crippen molar-refractivity contribution >= 4 is 0 Å². The third-order valence-corrected chi connectivity index (χ3v) is 2.08. The maximum Gasteiger partial charge on any atom is 0.113 e. The Kier molecular flexibility index (Phi) is 3.31. The van der Waals surface area contributed by atoms with Crippen molar-refractivity contribution in [2.75, 3.05) is 0 Å². The molecule has 0 unspecified atom stereocenters. The van der Waals surface area contributed by atoms with Gasteiger partial charge >= 0.3 is 0 Å². The summed E-state index contributed by atoms with van der Waals surface area (Å²) in [7, 11) is 0. The van der Waals surface area contributed by atoms with Crippen LogP contribution < -0.4 is 5.73 Å². The van der Waals surface area contributed by atoms with Crippen LogP contribution in [0.5, 0.6) is 0 Å². The first-order valence-corrected chi connectivity index (χ1v) is 5.00. The average Bonchev–Trinajstić information content (AvgIpc) is 2.83. The van der Waals surface area contributed by atoms with Crippen LogP contribution >= 0.6 is 0 Å². The first-order chi connectivity index (χ1) is 7.88. The summed E-state index contributed by atoms with van der Waals surface area (Å²) in [6.07, 6.45) is 5.35. The highest BCUT2D eigenvalue weighted by Gasteiger charge is 1.90. The van der Waals surface area contributed by atoms with E-state index in [1.807, 2.05) is 24.4 Å². The molecule has 0 amide bonds. The summed E-state index contributed by atoms with van der Waals surface area (Å²) in [6, 6.07) is 5.68. The van der Waals surface area contributed by atoms with Crippen LogP contribution in [-0.4, -0.2) is 14.8 Å². The molecule has 0 saturated carbocycles. The molecule has 0 fully saturated rings. The van der Waals surface area contributed by atoms with Gasteiger partial charge in [0, 0.05) is 25.1 Å². The molecule has 0 atom stereocenters. The maximum atomic E-state index is 5.48. The lowest BCUT2D eigenvalue weighted by Gasteiger charge is -1.94. The Balaban J connectivity index is 2.01. The highest BCUT2D eigenvalue weighted by atomic mass is 15.3. The number of nitrogens with zero attached hydrogens (tertiary/aromatic N) is 3. The number of hydrogen-bond donors (Lipinski definition) is 1. The topological polar surface area (TPSA) is 56.7 Å². The molecule has 4 nitrogen and oxygen atoms in total. The van der Waals surface area contributed by atoms with E-state index in [2.05, 4.69) is 21.9 Å². The monoisotopic (exact) mass is 212 g/mol. The van der Waals surface area contributed by atoms with E-state index in [9.17, 15) is 0 Å². The Labute approximate surface area is 94.1 Å². The quantitative estimate of drug-likeness (QED) is 0.749. The first-order valence-electron chi connectivity index (χ1n) is 5.00. The van der Waals surface area contributed by atoms with Gasteiger partial charge in [0.25, 0.3) is 0 Å². The van der Waals surface area contributed by atoms with Crippen LogP contribution in [0.4, 0.5) is 0 Å². The summed E-state index contributed by atoms with van der Waals surface area (Å²) in [4.78, 5) is 4.19. The van der Waals surface area contributed by atoms with Gasteiger partial charge in [-0.2, -0.15) is 5.10 Å². The molecule has 2 aromatic heterocycles. The Morgan fingerprint density at radius 1 is 1.38 bits per heavy atom. The summed E-state index contributed by atoms with van der Waals surface area (Å²) >= 11 is 0. The highest BCUT2D eigenvalue weighted by molar-refractivity contribution is 5.28. The Hall–Kier alpha value is -2.12. The average molecular weight is 212 g/mol. The summed E-state index contributed by atoms with van der Waals surface area (Å²) in [5.41, 5.74) is 7.24. The fourth-order valence-electron chi connectivity index (χ4n) is 1.22. The van der Waals surface area contributed by atoms with E-state index in [1.165, 1.54) is 0 Å². The van der Waals surface area contributed by atoms with Crippen molar-refractivity contribution in [3.05, 3.63) is 48.0 Å². The zero-order valence-electron chi connectivity index (χ0n) is 8.80. The van der Waals surface area contributed by atoms with Crippen LogP contribution in [0, 0.1) is 11.8 Å². The standard InChI is InChI=1S/C12H12N4/c13-9-11-4-5-12(14-10-11)3-1-7-16-8-2-6-15-16/h2,4-6,8,10H,7,9,13H2. The molecule has 0 bridgehead atoms. The molecule has 2 rings (SSSR count). The molecular weight excluding hydrogens is 200 g/mol. The van der Waals surface area contributed by atoms with E-state index in [-0.39, 0.29) is 0 Å². The van der Waals surface area contributed by atoms with E-state index in [4.69, 9.17) is 5.73 Å². The minimum absolute atomic E-state index is 0.508. The lowest BCUT2D eigenvalue weighted by Crippen LogP contribution is -1.97. The van der Waals surface area contributed by atoms with Crippen molar-refractivity contribution in [3.63, 3.8) is 0 Å². The fourth-order valence-corrected chi connectivity index (χ4v) is 1.22. The van der Waals surface area contributed by atoms with Crippen molar-refractivity contribution in [1.29, 1.82) is 0 Å². The van der Waals surface area contributed by atoms with Crippen LogP contribution in [0.1, 0.15) is 11.3 Å². The van der Waals surface area contributed by atoms with E-state index >= 15 is 0 Å². The molecule has 0 spiro atoms. The molecule has 0 aliphatic heterocycles. The lowest BCUT2D eigenvalue weighted by molar-refractivity contribution is 0.715. The number of nitrogens with two attached hydrogens (primary N) is 1. The minimum Gasteiger partial charge on any atom is -0.326 e. The molecule has 16 heavy (non-hydrogen) atoms. The summed E-state index contributed by atoms with van der Waals surface area (Å²) < 4.78 is 1.77. The Morgan fingerprint density at radius 3 is 2.94 bits per heavy atom. The Bertz CT molecular complexity index is 488. The van der Waals surface area contributed by atoms with E-state index in [0.29, 0.717) is 13.1 Å². The summed E-state index contributed by atoms with van der Waals surface area (Å²) in [6.45, 7) is 1.08. The second-order valence-corrected chi connectivity index (χ2v) is 3.26. The van der Waals surface area contributed by atoms with Gasteiger partial charge in [-0.05, 0) is 23.6 Å². The fraction of sp³-hybridized carbons (Fsp3) is 0.167. The van der Waals surface area contributed by atoms with Crippen LogP contribution in [0.2, 0.25) is 0 Å². The normalized spacial score (nSPS) is 9.56. The number of hydrogen-bond acceptors (Lipinski definition) is 3. The van der Waals surface area contributed by atoms with Gasteiger partial charge in [-0.15, -0.1) is 0 Å². The van der Waals surface area contributed by atoms with Crippen molar-refractivity contribution in [1.82, 2.24) is 14.8 Å². The number of pyridine rings is 1. The molecule has 0 aromatic carbocycles. The molecule has 2 aromatic rings. The Morgan fingerprint density at radius 2 is 2.31 bits per heavy atom. The van der Waals surface area contributed by atoms with E-state index in [0.717, 1.165) is 11.3 Å². The van der Waals surface area contributed by atoms with Crippen LogP contribution in [0.25, 0.3) is 0 Å². The van der Waals surface area contributed by atoms with Gasteiger partial charge in [-0.1, -0.05) is 12.0 Å². The van der Waals surface area contributed by atoms with Crippen molar-refractivity contribution in [3.8, 4) is 11.8 Å². The van der Waals surface area contributed by atoms with Crippen LogP contribution in [-0.2, 0) is 13.1 Å². The first kappa shape index (κ1) is 10.4. The van der Waals surface area contributed by atoms with Gasteiger partial charge in [-0.3, -0.25) is 4.68 Å². The molecule has 80 valence electrons. The predicted molar refractivity (Wildman–Crippen MR) is 61.2 cm³/mol. The van der Waals surface area contributed by atoms with Crippen molar-refractivity contribution in [2.24, 2.45) is 5.73 Å². The zero-order chi connectivity index (χ0) is 11.2. The second-order valence-electron chi connectivity index (χ2n) is 3.26. The largest absolute Gasteiger partial charge is 0.326 e. The zero-order valence-corrected chi connectivity index (χ0v) is 8.80. The molecule has 0 radical (unpaired) electrons. The maximum absolute atomic E-state index is 5.48. The van der Waals surface area contributed by atoms with Gasteiger partial charge in [0.15, 0.2) is 0 Å². The molecule has 0 aliphatic carbocycles. The molecular formula is C12H12N4. The highest BCUT2D eigenvalue weighted by Crippen LogP contribution is 1.97. The second kappa shape index (κ2) is 5.10. The van der Waals surface area contributed by atoms with Crippen LogP contribution in [0.15, 0.2) is 36.8 Å².